The summed E-state index contributed by atoms with van der Waals surface area (Å²) in [5.74, 6) is 0. The highest BCUT2D eigenvalue weighted by Gasteiger charge is 2.33. The fraction of sp³-hybridized carbons (Fsp3) is 0.500. The molecule has 29 heavy (non-hydrogen) atoms. The zero-order valence-corrected chi connectivity index (χ0v) is 20.1. The first-order valence-electron chi connectivity index (χ1n) is 10.7. The lowest BCUT2D eigenvalue weighted by Gasteiger charge is -2.44. The van der Waals surface area contributed by atoms with Gasteiger partial charge in [-0.3, -0.25) is 4.98 Å². The highest BCUT2D eigenvalue weighted by Crippen LogP contribution is 2.51. The van der Waals surface area contributed by atoms with E-state index in [1.54, 1.807) is 0 Å². The Bertz CT molecular complexity index is 679. The molecular weight excluding hydrogens is 375 g/mol. The molecule has 0 N–H and O–H groups in total. The van der Waals surface area contributed by atoms with Crippen molar-refractivity contribution in [1.29, 1.82) is 0 Å². The van der Waals surface area contributed by atoms with Crippen LogP contribution in [0, 0.1) is 0 Å². The second-order valence-corrected chi connectivity index (χ2v) is 10.1. The number of pyridine rings is 1. The van der Waals surface area contributed by atoms with Crippen molar-refractivity contribution < 1.29 is 0 Å². The summed E-state index contributed by atoms with van der Waals surface area (Å²) in [6.07, 6.45) is 1.85. The van der Waals surface area contributed by atoms with E-state index in [2.05, 4.69) is 100 Å². The molecule has 4 nitrogen and oxygen atoms in total. The van der Waals surface area contributed by atoms with Gasteiger partial charge in [-0.05, 0) is 67.5 Å². The minimum Gasteiger partial charge on any atom is -0.255 e. The molecule has 158 valence electrons. The molecule has 0 aliphatic carbocycles. The summed E-state index contributed by atoms with van der Waals surface area (Å²) in [6, 6.07) is 18.1. The van der Waals surface area contributed by atoms with E-state index in [0.717, 1.165) is 17.0 Å². The Hall–Kier alpha value is -1.61. The van der Waals surface area contributed by atoms with Crippen LogP contribution in [0.15, 0.2) is 59.5 Å². The van der Waals surface area contributed by atoms with Crippen LogP contribution in [0.4, 0.5) is 0 Å². The quantitative estimate of drug-likeness (QED) is 0.354. The number of hydrogen-bond donors (Lipinski definition) is 0. The second kappa shape index (κ2) is 11.0. The minimum atomic E-state index is -0.917. The lowest BCUT2D eigenvalue weighted by atomic mass is 10.1. The molecule has 0 fully saturated rings. The lowest BCUT2D eigenvalue weighted by molar-refractivity contribution is 0.256. The van der Waals surface area contributed by atoms with Gasteiger partial charge in [0.25, 0.3) is 0 Å². The molecule has 1 aromatic carbocycles. The molecule has 1 aromatic heterocycles. The Labute approximate surface area is 179 Å². The van der Waals surface area contributed by atoms with Crippen molar-refractivity contribution in [2.75, 3.05) is 0 Å². The highest BCUT2D eigenvalue weighted by atomic mass is 31.1. The molecule has 0 aliphatic rings. The summed E-state index contributed by atoms with van der Waals surface area (Å²) in [4.78, 5) is 4.65. The zero-order valence-electron chi connectivity index (χ0n) is 19.2. The Morgan fingerprint density at radius 3 is 1.62 bits per heavy atom. The topological polar surface area (TPSA) is 31.7 Å². The normalized spacial score (nSPS) is 13.1. The number of nitrogens with zero attached hydrogens (tertiary/aromatic N) is 4. The molecule has 2 rings (SSSR count). The molecular formula is C24H37N4P. The van der Waals surface area contributed by atoms with Crippen molar-refractivity contribution in [3.05, 3.63) is 66.0 Å². The molecule has 0 unspecified atom stereocenters. The van der Waals surface area contributed by atoms with Gasteiger partial charge in [0.1, 0.15) is 0 Å². The maximum atomic E-state index is 5.47. The molecule has 0 atom stereocenters. The van der Waals surface area contributed by atoms with Gasteiger partial charge in [-0.25, -0.2) is 14.1 Å². The summed E-state index contributed by atoms with van der Waals surface area (Å²) in [5, 5.41) is 0. The van der Waals surface area contributed by atoms with Gasteiger partial charge in [0.05, 0.1) is 11.4 Å². The van der Waals surface area contributed by atoms with E-state index < -0.39 is 8.37 Å². The fourth-order valence-electron chi connectivity index (χ4n) is 3.69. The average Bonchev–Trinajstić information content (AvgIpc) is 2.66. The predicted molar refractivity (Wildman–Crippen MR) is 127 cm³/mol. The van der Waals surface area contributed by atoms with E-state index in [4.69, 9.17) is 4.76 Å². The molecule has 0 bridgehead atoms. The molecule has 0 aliphatic heterocycles. The minimum absolute atomic E-state index is 0.394. The van der Waals surface area contributed by atoms with Gasteiger partial charge in [-0.15, -0.1) is 0 Å². The summed E-state index contributed by atoms with van der Waals surface area (Å²) in [5.41, 5.74) is 3.00. The first kappa shape index (κ1) is 23.7. The third-order valence-electron chi connectivity index (χ3n) is 4.67. The SMILES string of the molecule is CC(C)N(C(C)C)P(/N=C(/c1ccccc1)c1ccccn1)N(C(C)C)C(C)C. The van der Waals surface area contributed by atoms with Crippen molar-refractivity contribution in [3.8, 4) is 0 Å². The predicted octanol–water partition coefficient (Wildman–Crippen LogP) is 6.38. The maximum Gasteiger partial charge on any atom is 0.170 e. The number of aromatic nitrogens is 1. The summed E-state index contributed by atoms with van der Waals surface area (Å²) >= 11 is 0. The summed E-state index contributed by atoms with van der Waals surface area (Å²) < 4.78 is 10.6. The van der Waals surface area contributed by atoms with Crippen molar-refractivity contribution in [3.63, 3.8) is 0 Å². The van der Waals surface area contributed by atoms with Crippen LogP contribution >= 0.6 is 8.37 Å². The fourth-order valence-corrected chi connectivity index (χ4v) is 6.18. The molecule has 0 radical (unpaired) electrons. The second-order valence-electron chi connectivity index (χ2n) is 8.43. The van der Waals surface area contributed by atoms with E-state index >= 15 is 0 Å². The number of hydrogen-bond acceptors (Lipinski definition) is 4. The van der Waals surface area contributed by atoms with Crippen molar-refractivity contribution in [1.82, 2.24) is 14.3 Å². The first-order valence-corrected chi connectivity index (χ1v) is 11.9. The molecule has 5 heteroatoms. The van der Waals surface area contributed by atoms with Crippen molar-refractivity contribution >= 4 is 14.1 Å². The van der Waals surface area contributed by atoms with Crippen LogP contribution in [-0.2, 0) is 0 Å². The Balaban J connectivity index is 2.72. The molecule has 2 aromatic rings. The van der Waals surface area contributed by atoms with Gasteiger partial charge in [-0.1, -0.05) is 36.4 Å². The van der Waals surface area contributed by atoms with Crippen LogP contribution in [-0.4, -0.2) is 44.2 Å². The molecule has 0 saturated carbocycles. The highest BCUT2D eigenvalue weighted by molar-refractivity contribution is 7.51. The molecule has 0 spiro atoms. The van der Waals surface area contributed by atoms with E-state index in [1.807, 2.05) is 24.4 Å². The van der Waals surface area contributed by atoms with Gasteiger partial charge in [-0.2, -0.15) is 0 Å². The van der Waals surface area contributed by atoms with Gasteiger partial charge in [0.15, 0.2) is 8.37 Å². The van der Waals surface area contributed by atoms with Gasteiger partial charge in [0, 0.05) is 35.9 Å². The van der Waals surface area contributed by atoms with E-state index in [9.17, 15) is 0 Å². The Kier molecular flexibility index (Phi) is 8.95. The Morgan fingerprint density at radius 2 is 1.21 bits per heavy atom. The maximum absolute atomic E-state index is 5.47. The monoisotopic (exact) mass is 412 g/mol. The summed E-state index contributed by atoms with van der Waals surface area (Å²) in [7, 11) is -0.917. The van der Waals surface area contributed by atoms with Crippen molar-refractivity contribution in [2.24, 2.45) is 4.76 Å². The average molecular weight is 413 g/mol. The third-order valence-corrected chi connectivity index (χ3v) is 7.73. The van der Waals surface area contributed by atoms with Crippen LogP contribution in [0.1, 0.15) is 66.6 Å². The first-order chi connectivity index (χ1) is 13.7. The smallest absolute Gasteiger partial charge is 0.170 e. The molecule has 0 saturated heterocycles. The molecule has 0 amide bonds. The van der Waals surface area contributed by atoms with E-state index in [1.165, 1.54) is 0 Å². The van der Waals surface area contributed by atoms with Crippen LogP contribution in [0.25, 0.3) is 0 Å². The number of benzene rings is 1. The molecule has 1 heterocycles. The zero-order chi connectivity index (χ0) is 21.6. The van der Waals surface area contributed by atoms with Crippen molar-refractivity contribution in [2.45, 2.75) is 79.6 Å². The lowest BCUT2D eigenvalue weighted by Crippen LogP contribution is -2.42. The number of rotatable bonds is 9. The van der Waals surface area contributed by atoms with Gasteiger partial charge >= 0.3 is 0 Å². The van der Waals surface area contributed by atoms with Crippen LogP contribution in [0.3, 0.4) is 0 Å². The van der Waals surface area contributed by atoms with Gasteiger partial charge < -0.3 is 0 Å². The van der Waals surface area contributed by atoms with Crippen LogP contribution in [0.5, 0.6) is 0 Å². The largest absolute Gasteiger partial charge is 0.255 e. The van der Waals surface area contributed by atoms with Crippen LogP contribution in [0.2, 0.25) is 0 Å². The Morgan fingerprint density at radius 1 is 0.724 bits per heavy atom. The van der Waals surface area contributed by atoms with E-state index in [-0.39, 0.29) is 0 Å². The third kappa shape index (κ3) is 6.18. The van der Waals surface area contributed by atoms with Crippen LogP contribution < -0.4 is 0 Å². The van der Waals surface area contributed by atoms with Gasteiger partial charge in [0.2, 0.25) is 0 Å². The summed E-state index contributed by atoms with van der Waals surface area (Å²) in [6.45, 7) is 18.2. The van der Waals surface area contributed by atoms with E-state index in [0.29, 0.717) is 24.2 Å². The standard InChI is InChI=1S/C24H37N4P/c1-18(2)27(19(3)4)29(28(20(5)6)21(7)8)26-24(22-14-10-9-11-15-22)23-16-12-13-17-25-23/h9-21H,1-8H3/b26-24-.